The summed E-state index contributed by atoms with van der Waals surface area (Å²) in [5, 5.41) is 0. The monoisotopic (exact) mass is 309 g/mol. The van der Waals surface area contributed by atoms with Crippen LogP contribution in [0.3, 0.4) is 0 Å². The van der Waals surface area contributed by atoms with E-state index in [0.29, 0.717) is 35.8 Å². The zero-order valence-corrected chi connectivity index (χ0v) is 12.7. The molecule has 0 aliphatic carbocycles. The lowest BCUT2D eigenvalue weighted by atomic mass is 10.1. The molecular formula is C14H19N3O3S. The minimum absolute atomic E-state index is 0.258. The third kappa shape index (κ3) is 3.41. The first kappa shape index (κ1) is 15.5. The number of anilines is 2. The molecule has 1 aliphatic rings. The smallest absolute Gasteiger partial charge is 0.329 e. The fourth-order valence-corrected chi connectivity index (χ4v) is 3.24. The van der Waals surface area contributed by atoms with Crippen molar-refractivity contribution in [2.24, 2.45) is 0 Å². The van der Waals surface area contributed by atoms with Crippen LogP contribution >= 0.6 is 11.8 Å². The van der Waals surface area contributed by atoms with E-state index in [2.05, 4.69) is 0 Å². The van der Waals surface area contributed by atoms with Crippen LogP contribution < -0.4 is 11.5 Å². The summed E-state index contributed by atoms with van der Waals surface area (Å²) in [7, 11) is 0. The van der Waals surface area contributed by atoms with Gasteiger partial charge in [-0.25, -0.2) is 4.79 Å². The SMILES string of the molecule is CCOC(=O)C1CSCCN1C(=O)c1ccc(N)cc1N. The van der Waals surface area contributed by atoms with Crippen molar-refractivity contribution in [1.29, 1.82) is 0 Å². The van der Waals surface area contributed by atoms with Gasteiger partial charge in [0.25, 0.3) is 5.91 Å². The number of carbonyl (C=O) groups excluding carboxylic acids is 2. The van der Waals surface area contributed by atoms with E-state index >= 15 is 0 Å². The Kier molecular flexibility index (Phi) is 4.95. The molecule has 4 N–H and O–H groups in total. The molecule has 1 aromatic carbocycles. The Morgan fingerprint density at radius 1 is 1.43 bits per heavy atom. The van der Waals surface area contributed by atoms with Gasteiger partial charge in [0.2, 0.25) is 0 Å². The average Bonchev–Trinajstić information content (AvgIpc) is 2.47. The van der Waals surface area contributed by atoms with Gasteiger partial charge in [-0.15, -0.1) is 0 Å². The van der Waals surface area contributed by atoms with E-state index in [1.54, 1.807) is 36.9 Å². The van der Waals surface area contributed by atoms with Crippen LogP contribution in [0.15, 0.2) is 18.2 Å². The average molecular weight is 309 g/mol. The van der Waals surface area contributed by atoms with Crippen LogP contribution in [0.2, 0.25) is 0 Å². The molecule has 1 heterocycles. The van der Waals surface area contributed by atoms with Gasteiger partial charge >= 0.3 is 5.97 Å². The highest BCUT2D eigenvalue weighted by molar-refractivity contribution is 7.99. The van der Waals surface area contributed by atoms with Crippen molar-refractivity contribution in [2.45, 2.75) is 13.0 Å². The number of nitrogens with zero attached hydrogens (tertiary/aromatic N) is 1. The van der Waals surface area contributed by atoms with E-state index in [1.807, 2.05) is 0 Å². The van der Waals surface area contributed by atoms with Gasteiger partial charge in [-0.05, 0) is 25.1 Å². The van der Waals surface area contributed by atoms with Crippen LogP contribution in [0.4, 0.5) is 11.4 Å². The van der Waals surface area contributed by atoms with Crippen molar-refractivity contribution >= 4 is 35.0 Å². The Morgan fingerprint density at radius 2 is 2.19 bits per heavy atom. The highest BCUT2D eigenvalue weighted by Gasteiger charge is 2.34. The second-order valence-corrected chi connectivity index (χ2v) is 5.84. The summed E-state index contributed by atoms with van der Waals surface area (Å²) in [5.41, 5.74) is 12.7. The summed E-state index contributed by atoms with van der Waals surface area (Å²) in [6.07, 6.45) is 0. The van der Waals surface area contributed by atoms with Crippen LogP contribution in [0.1, 0.15) is 17.3 Å². The molecule has 0 bridgehead atoms. The van der Waals surface area contributed by atoms with Gasteiger partial charge in [0.15, 0.2) is 0 Å². The maximum absolute atomic E-state index is 12.6. The zero-order valence-electron chi connectivity index (χ0n) is 11.9. The van der Waals surface area contributed by atoms with Crippen molar-refractivity contribution in [1.82, 2.24) is 4.90 Å². The molecule has 2 rings (SSSR count). The predicted octanol–water partition coefficient (Wildman–Crippen LogP) is 0.972. The van der Waals surface area contributed by atoms with E-state index in [-0.39, 0.29) is 11.9 Å². The molecular weight excluding hydrogens is 290 g/mol. The van der Waals surface area contributed by atoms with Gasteiger partial charge in [0, 0.05) is 29.4 Å². The first-order valence-corrected chi connectivity index (χ1v) is 7.90. The lowest BCUT2D eigenvalue weighted by Gasteiger charge is -2.34. The number of carbonyl (C=O) groups is 2. The summed E-state index contributed by atoms with van der Waals surface area (Å²) in [6, 6.07) is 4.21. The van der Waals surface area contributed by atoms with Crippen molar-refractivity contribution in [3.63, 3.8) is 0 Å². The predicted molar refractivity (Wildman–Crippen MR) is 84.0 cm³/mol. The standard InChI is InChI=1S/C14H19N3O3S/c1-2-20-14(19)12-8-21-6-5-17(12)13(18)10-4-3-9(15)7-11(10)16/h3-4,7,12H,2,5-6,8,15-16H2,1H3. The molecule has 1 amide bonds. The van der Waals surface area contributed by atoms with Gasteiger partial charge in [-0.3, -0.25) is 4.79 Å². The quantitative estimate of drug-likeness (QED) is 0.638. The fourth-order valence-electron chi connectivity index (χ4n) is 2.21. The molecule has 0 radical (unpaired) electrons. The van der Waals surface area contributed by atoms with Crippen LogP contribution in [0, 0.1) is 0 Å². The molecule has 114 valence electrons. The molecule has 0 aromatic heterocycles. The number of hydrogen-bond donors (Lipinski definition) is 2. The van der Waals surface area contributed by atoms with E-state index in [4.69, 9.17) is 16.2 Å². The van der Waals surface area contributed by atoms with E-state index in [1.165, 1.54) is 4.90 Å². The number of benzene rings is 1. The summed E-state index contributed by atoms with van der Waals surface area (Å²) < 4.78 is 5.05. The first-order valence-electron chi connectivity index (χ1n) is 6.75. The second kappa shape index (κ2) is 6.71. The molecule has 1 fully saturated rings. The van der Waals surface area contributed by atoms with Crippen molar-refractivity contribution in [3.05, 3.63) is 23.8 Å². The first-order chi connectivity index (χ1) is 10.0. The number of hydrogen-bond acceptors (Lipinski definition) is 6. The van der Waals surface area contributed by atoms with Crippen LogP contribution in [0.25, 0.3) is 0 Å². The Hall–Kier alpha value is -1.89. The van der Waals surface area contributed by atoms with E-state index in [0.717, 1.165) is 5.75 Å². The topological polar surface area (TPSA) is 98.6 Å². The van der Waals surface area contributed by atoms with E-state index in [9.17, 15) is 9.59 Å². The molecule has 7 heteroatoms. The van der Waals surface area contributed by atoms with Crippen molar-refractivity contribution in [3.8, 4) is 0 Å². The maximum Gasteiger partial charge on any atom is 0.329 e. The van der Waals surface area contributed by atoms with Gasteiger partial charge in [-0.1, -0.05) is 0 Å². The molecule has 0 saturated carbocycles. The van der Waals surface area contributed by atoms with Gasteiger partial charge in [0.1, 0.15) is 6.04 Å². The van der Waals surface area contributed by atoms with Gasteiger partial charge in [0.05, 0.1) is 12.2 Å². The maximum atomic E-state index is 12.6. The number of ether oxygens (including phenoxy) is 1. The van der Waals surface area contributed by atoms with E-state index < -0.39 is 6.04 Å². The minimum Gasteiger partial charge on any atom is -0.464 e. The molecule has 21 heavy (non-hydrogen) atoms. The number of nitrogen functional groups attached to an aromatic ring is 2. The fraction of sp³-hybridized carbons (Fsp3) is 0.429. The Bertz CT molecular complexity index is 550. The molecule has 1 atom stereocenters. The molecule has 1 unspecified atom stereocenters. The van der Waals surface area contributed by atoms with Crippen LogP contribution in [-0.2, 0) is 9.53 Å². The minimum atomic E-state index is -0.562. The normalized spacial score (nSPS) is 18.3. The molecule has 1 aliphatic heterocycles. The number of rotatable bonds is 3. The number of amides is 1. The molecule has 6 nitrogen and oxygen atoms in total. The lowest BCUT2D eigenvalue weighted by Crippen LogP contribution is -2.51. The van der Waals surface area contributed by atoms with Crippen molar-refractivity contribution in [2.75, 3.05) is 36.1 Å². The number of thioether (sulfide) groups is 1. The zero-order chi connectivity index (χ0) is 15.4. The van der Waals surface area contributed by atoms with Crippen molar-refractivity contribution < 1.29 is 14.3 Å². The molecule has 0 spiro atoms. The molecule has 1 saturated heterocycles. The summed E-state index contributed by atoms with van der Waals surface area (Å²) in [5.74, 6) is 0.702. The Labute approximate surface area is 127 Å². The second-order valence-electron chi connectivity index (χ2n) is 4.69. The lowest BCUT2D eigenvalue weighted by molar-refractivity contribution is -0.147. The largest absolute Gasteiger partial charge is 0.464 e. The number of esters is 1. The molecule has 1 aromatic rings. The van der Waals surface area contributed by atoms with Gasteiger partial charge < -0.3 is 21.1 Å². The Balaban J connectivity index is 2.24. The number of nitrogens with two attached hydrogens (primary N) is 2. The van der Waals surface area contributed by atoms with Crippen LogP contribution in [-0.4, -0.2) is 47.5 Å². The van der Waals surface area contributed by atoms with Gasteiger partial charge in [-0.2, -0.15) is 11.8 Å². The highest BCUT2D eigenvalue weighted by Crippen LogP contribution is 2.23. The Morgan fingerprint density at radius 3 is 2.86 bits per heavy atom. The van der Waals surface area contributed by atoms with Crippen LogP contribution in [0.5, 0.6) is 0 Å². The third-order valence-electron chi connectivity index (χ3n) is 3.25. The third-order valence-corrected chi connectivity index (χ3v) is 4.28. The summed E-state index contributed by atoms with van der Waals surface area (Å²) in [4.78, 5) is 26.2. The summed E-state index contributed by atoms with van der Waals surface area (Å²) in [6.45, 7) is 2.54. The summed E-state index contributed by atoms with van der Waals surface area (Å²) >= 11 is 1.63. The highest BCUT2D eigenvalue weighted by atomic mass is 32.2.